The van der Waals surface area contributed by atoms with Crippen LogP contribution in [-0.4, -0.2) is 92.1 Å². The molecule has 0 radical (unpaired) electrons. The fraction of sp³-hybridized carbons (Fsp3) is 0.481. The Balaban J connectivity index is 0.000000196. The number of hydrogen-bond donors (Lipinski definition) is 0. The highest BCUT2D eigenvalue weighted by molar-refractivity contribution is 5.83. The standard InChI is InChI=1S/2C27H35N3O3/c1-20-15-21-17-29(5)28-24(21)22(16-20)18-32-19-27(23-9-7-6-8-10-23)11-13-30(14-12-27)25(31)33-26(2,3)4;1-20-15-21-17-28-29(5)24(21)22(16-20)18-32-19-27(23-9-7-6-8-10-23)11-13-30(14-12-27)25(31)33-26(2,3)4/h2*6-10,15-17H,11-14,18-19H2,1-5H3. The first kappa shape index (κ1) is 48.2. The number of carbonyl (C=O) groups is 2. The lowest BCUT2D eigenvalue weighted by atomic mass is 9.73. The minimum absolute atomic E-state index is 0.130. The van der Waals surface area contributed by atoms with Crippen LogP contribution in [0.3, 0.4) is 0 Å². The summed E-state index contributed by atoms with van der Waals surface area (Å²) in [6.07, 6.45) is 6.83. The fourth-order valence-corrected chi connectivity index (χ4v) is 9.51. The molecule has 0 atom stereocenters. The molecule has 0 N–H and O–H groups in total. The van der Waals surface area contributed by atoms with E-state index in [1.54, 1.807) is 0 Å². The molecule has 0 saturated carbocycles. The summed E-state index contributed by atoms with van der Waals surface area (Å²) in [5.41, 5.74) is 8.09. The first-order valence-corrected chi connectivity index (χ1v) is 23.4. The van der Waals surface area contributed by atoms with Crippen LogP contribution in [0.15, 0.2) is 97.3 Å². The number of piperidine rings is 2. The van der Waals surface area contributed by atoms with Crippen LogP contribution in [-0.2, 0) is 57.1 Å². The smallest absolute Gasteiger partial charge is 0.410 e. The van der Waals surface area contributed by atoms with Gasteiger partial charge in [0.2, 0.25) is 0 Å². The lowest BCUT2D eigenvalue weighted by Gasteiger charge is -2.42. The molecule has 0 spiro atoms. The maximum Gasteiger partial charge on any atom is 0.410 e. The summed E-state index contributed by atoms with van der Waals surface area (Å²) in [6, 6.07) is 29.8. The third-order valence-corrected chi connectivity index (χ3v) is 12.8. The predicted molar refractivity (Wildman–Crippen MR) is 261 cm³/mol. The van der Waals surface area contributed by atoms with Gasteiger partial charge in [0, 0.05) is 79.2 Å². The van der Waals surface area contributed by atoms with Gasteiger partial charge in [0.1, 0.15) is 11.2 Å². The average molecular weight is 899 g/mol. The van der Waals surface area contributed by atoms with E-state index in [0.29, 0.717) is 52.6 Å². The van der Waals surface area contributed by atoms with Crippen molar-refractivity contribution in [2.45, 2.75) is 116 Å². The van der Waals surface area contributed by atoms with E-state index in [1.165, 1.54) is 22.3 Å². The summed E-state index contributed by atoms with van der Waals surface area (Å²) in [4.78, 5) is 28.8. The van der Waals surface area contributed by atoms with Crippen molar-refractivity contribution < 1.29 is 28.5 Å². The predicted octanol–water partition coefficient (Wildman–Crippen LogP) is 10.7. The van der Waals surface area contributed by atoms with Crippen LogP contribution in [0.5, 0.6) is 0 Å². The SMILES string of the molecule is Cc1cc(COCC2(c3ccccc3)CCN(C(=O)OC(C)(C)C)CC2)c2c(cnn2C)c1.Cc1cc(COCC2(c3ccccc3)CCN(C(=O)OC(C)(C)C)CC2)c2nn(C)cc2c1. The zero-order valence-electron chi connectivity index (χ0n) is 40.9. The maximum atomic E-state index is 12.6. The number of amides is 2. The molecule has 8 rings (SSSR count). The maximum absolute atomic E-state index is 12.6. The Morgan fingerprint density at radius 3 is 1.53 bits per heavy atom. The number of carbonyl (C=O) groups excluding carboxylic acids is 2. The van der Waals surface area contributed by atoms with Crippen LogP contribution in [0, 0.1) is 13.8 Å². The van der Waals surface area contributed by atoms with E-state index in [0.717, 1.165) is 58.6 Å². The van der Waals surface area contributed by atoms with E-state index in [9.17, 15) is 9.59 Å². The number of aryl methyl sites for hydroxylation is 4. The van der Waals surface area contributed by atoms with E-state index in [4.69, 9.17) is 18.9 Å². The van der Waals surface area contributed by atoms with E-state index in [-0.39, 0.29) is 23.0 Å². The van der Waals surface area contributed by atoms with Crippen LogP contribution in [0.25, 0.3) is 21.8 Å². The van der Waals surface area contributed by atoms with Gasteiger partial charge in [-0.05, 0) is 115 Å². The van der Waals surface area contributed by atoms with Crippen molar-refractivity contribution >= 4 is 34.0 Å². The van der Waals surface area contributed by atoms with Crippen LogP contribution < -0.4 is 0 Å². The van der Waals surface area contributed by atoms with Crippen LogP contribution in [0.1, 0.15) is 101 Å². The Labute approximate surface area is 391 Å². The van der Waals surface area contributed by atoms with Gasteiger partial charge in [0.25, 0.3) is 0 Å². The second-order valence-corrected chi connectivity index (χ2v) is 20.5. The number of hydrogen-bond acceptors (Lipinski definition) is 8. The van der Waals surface area contributed by atoms with E-state index < -0.39 is 11.2 Å². The molecule has 12 nitrogen and oxygen atoms in total. The van der Waals surface area contributed by atoms with Gasteiger partial charge in [-0.1, -0.05) is 72.8 Å². The molecule has 6 aromatic rings. The quantitative estimate of drug-likeness (QED) is 0.134. The Hall–Kier alpha value is -5.72. The average Bonchev–Trinajstić information content (AvgIpc) is 3.84. The van der Waals surface area contributed by atoms with Gasteiger partial charge in [-0.2, -0.15) is 10.2 Å². The van der Waals surface area contributed by atoms with Crippen LogP contribution >= 0.6 is 0 Å². The molecule has 4 aromatic carbocycles. The summed E-state index contributed by atoms with van der Waals surface area (Å²) >= 11 is 0. The molecule has 12 heteroatoms. The monoisotopic (exact) mass is 899 g/mol. The summed E-state index contributed by atoms with van der Waals surface area (Å²) in [6.45, 7) is 20.5. The van der Waals surface area contributed by atoms with Gasteiger partial charge >= 0.3 is 12.2 Å². The summed E-state index contributed by atoms with van der Waals surface area (Å²) in [5, 5.41) is 11.3. The third kappa shape index (κ3) is 11.8. The van der Waals surface area contributed by atoms with Gasteiger partial charge in [-0.25, -0.2) is 9.59 Å². The summed E-state index contributed by atoms with van der Waals surface area (Å²) in [5.74, 6) is 0. The van der Waals surface area contributed by atoms with Crippen molar-refractivity contribution in [3.63, 3.8) is 0 Å². The number of rotatable bonds is 10. The first-order chi connectivity index (χ1) is 31.3. The molecule has 352 valence electrons. The number of fused-ring (bicyclic) bond motifs is 2. The van der Waals surface area contributed by atoms with Gasteiger partial charge in [0.15, 0.2) is 0 Å². The molecule has 0 unspecified atom stereocenters. The molecule has 2 amide bonds. The topological polar surface area (TPSA) is 113 Å². The van der Waals surface area contributed by atoms with E-state index >= 15 is 0 Å². The second-order valence-electron chi connectivity index (χ2n) is 20.5. The van der Waals surface area contributed by atoms with Crippen LogP contribution in [0.4, 0.5) is 9.59 Å². The number of aromatic nitrogens is 4. The Kier molecular flexibility index (Phi) is 14.6. The minimum atomic E-state index is -0.487. The van der Waals surface area contributed by atoms with Gasteiger partial charge in [0.05, 0.1) is 43.7 Å². The number of benzene rings is 4. The summed E-state index contributed by atoms with van der Waals surface area (Å²) in [7, 11) is 3.92. The van der Waals surface area contributed by atoms with Crippen LogP contribution in [0.2, 0.25) is 0 Å². The van der Waals surface area contributed by atoms with Gasteiger partial charge < -0.3 is 28.7 Å². The lowest BCUT2D eigenvalue weighted by molar-refractivity contribution is 0.00275. The van der Waals surface area contributed by atoms with Gasteiger partial charge in [-0.15, -0.1) is 0 Å². The highest BCUT2D eigenvalue weighted by Crippen LogP contribution is 2.38. The van der Waals surface area contributed by atoms with Crippen molar-refractivity contribution in [1.29, 1.82) is 0 Å². The molecule has 0 aliphatic carbocycles. The number of likely N-dealkylation sites (tertiary alicyclic amines) is 2. The Morgan fingerprint density at radius 2 is 1.06 bits per heavy atom. The molecular formula is C54H70N6O6. The highest BCUT2D eigenvalue weighted by Gasteiger charge is 2.40. The van der Waals surface area contributed by atoms with E-state index in [2.05, 4.69) is 96.8 Å². The molecule has 2 aliphatic heterocycles. The third-order valence-electron chi connectivity index (χ3n) is 12.8. The van der Waals surface area contributed by atoms with Gasteiger partial charge in [-0.3, -0.25) is 9.36 Å². The molecule has 4 heterocycles. The Morgan fingerprint density at radius 1 is 0.621 bits per heavy atom. The molecular weight excluding hydrogens is 829 g/mol. The second kappa shape index (κ2) is 20.0. The molecule has 2 fully saturated rings. The van der Waals surface area contributed by atoms with Crippen molar-refractivity contribution in [2.24, 2.45) is 14.1 Å². The normalized spacial score (nSPS) is 16.2. The minimum Gasteiger partial charge on any atom is -0.444 e. The Bertz CT molecular complexity index is 2560. The molecule has 66 heavy (non-hydrogen) atoms. The number of nitrogens with zero attached hydrogens (tertiary/aromatic N) is 6. The van der Waals surface area contributed by atoms with Crippen molar-refractivity contribution in [2.75, 3.05) is 39.4 Å². The molecule has 2 saturated heterocycles. The molecule has 0 bridgehead atoms. The van der Waals surface area contributed by atoms with Crippen molar-refractivity contribution in [3.8, 4) is 0 Å². The van der Waals surface area contributed by atoms with Crippen molar-refractivity contribution in [1.82, 2.24) is 29.4 Å². The fourth-order valence-electron chi connectivity index (χ4n) is 9.51. The molecule has 2 aliphatic rings. The lowest BCUT2D eigenvalue weighted by Crippen LogP contribution is -2.48. The first-order valence-electron chi connectivity index (χ1n) is 23.4. The highest BCUT2D eigenvalue weighted by atomic mass is 16.6. The van der Waals surface area contributed by atoms with E-state index in [1.807, 2.05) is 99.3 Å². The number of ether oxygens (including phenoxy) is 4. The zero-order valence-corrected chi connectivity index (χ0v) is 40.9. The largest absolute Gasteiger partial charge is 0.444 e. The summed E-state index contributed by atoms with van der Waals surface area (Å²) < 4.78 is 27.7. The molecule has 2 aromatic heterocycles. The zero-order chi connectivity index (χ0) is 47.3. The van der Waals surface area contributed by atoms with Crippen molar-refractivity contribution in [3.05, 3.63) is 131 Å².